The van der Waals surface area contributed by atoms with Crippen LogP contribution in [0, 0.1) is 0 Å². The molecule has 0 unspecified atom stereocenters. The maximum absolute atomic E-state index is 12.3. The van der Waals surface area contributed by atoms with Crippen LogP contribution in [0.3, 0.4) is 0 Å². The van der Waals surface area contributed by atoms with Gasteiger partial charge in [-0.3, -0.25) is 9.89 Å². The number of hydrazone groups is 1. The number of aromatic amines is 1. The van der Waals surface area contributed by atoms with Gasteiger partial charge >= 0.3 is 0 Å². The number of aromatic nitrogens is 2. The second-order valence-corrected chi connectivity index (χ2v) is 6.52. The van der Waals surface area contributed by atoms with Crippen LogP contribution in [0.1, 0.15) is 28.5 Å². The van der Waals surface area contributed by atoms with E-state index in [0.717, 1.165) is 28.6 Å². The summed E-state index contributed by atoms with van der Waals surface area (Å²) in [7, 11) is 0. The van der Waals surface area contributed by atoms with Crippen molar-refractivity contribution in [2.24, 2.45) is 5.10 Å². The van der Waals surface area contributed by atoms with Gasteiger partial charge in [0.15, 0.2) is 0 Å². The number of carbonyl (C=O) groups excluding carboxylic acids is 1. The molecule has 2 N–H and O–H groups in total. The number of hydrogen-bond donors (Lipinski definition) is 2. The molecule has 4 rings (SSSR count). The fraction of sp³-hybridized carbons (Fsp3) is 0.0870. The van der Waals surface area contributed by atoms with Gasteiger partial charge in [0.25, 0.3) is 5.91 Å². The quantitative estimate of drug-likeness (QED) is 0.401. The number of benzene rings is 3. The SMILES string of the molecule is CCc1ccc(C=NNC(=O)c2cc(-c3ccc4ccccc4c3)n[nH]2)cc1. The van der Waals surface area contributed by atoms with E-state index in [9.17, 15) is 4.79 Å². The number of fused-ring (bicyclic) bond motifs is 1. The number of nitrogens with zero attached hydrogens (tertiary/aromatic N) is 2. The summed E-state index contributed by atoms with van der Waals surface area (Å²) in [5.74, 6) is -0.332. The van der Waals surface area contributed by atoms with Crippen molar-refractivity contribution in [3.63, 3.8) is 0 Å². The van der Waals surface area contributed by atoms with Crippen LogP contribution in [-0.4, -0.2) is 22.3 Å². The number of aryl methyl sites for hydroxylation is 1. The van der Waals surface area contributed by atoms with Gasteiger partial charge in [0.05, 0.1) is 11.9 Å². The lowest BCUT2D eigenvalue weighted by atomic mass is 10.1. The van der Waals surface area contributed by atoms with Crippen molar-refractivity contribution in [1.82, 2.24) is 15.6 Å². The normalized spacial score (nSPS) is 11.2. The van der Waals surface area contributed by atoms with Crippen LogP contribution in [0.15, 0.2) is 77.9 Å². The third-order valence-corrected chi connectivity index (χ3v) is 4.64. The number of hydrogen-bond acceptors (Lipinski definition) is 3. The van der Waals surface area contributed by atoms with Crippen LogP contribution in [0.2, 0.25) is 0 Å². The maximum Gasteiger partial charge on any atom is 0.289 e. The fourth-order valence-corrected chi connectivity index (χ4v) is 3.00. The Bertz CT molecular complexity index is 1140. The van der Waals surface area contributed by atoms with Crippen LogP contribution in [0.4, 0.5) is 0 Å². The molecule has 28 heavy (non-hydrogen) atoms. The highest BCUT2D eigenvalue weighted by Crippen LogP contribution is 2.23. The van der Waals surface area contributed by atoms with Gasteiger partial charge in [0, 0.05) is 5.56 Å². The smallest absolute Gasteiger partial charge is 0.272 e. The van der Waals surface area contributed by atoms with Gasteiger partial charge in [0.2, 0.25) is 0 Å². The molecule has 0 atom stereocenters. The van der Waals surface area contributed by atoms with Crippen molar-refractivity contribution in [2.45, 2.75) is 13.3 Å². The molecule has 0 saturated heterocycles. The van der Waals surface area contributed by atoms with Crippen molar-refractivity contribution >= 4 is 22.9 Å². The summed E-state index contributed by atoms with van der Waals surface area (Å²) in [5.41, 5.74) is 6.76. The molecule has 0 saturated carbocycles. The number of rotatable bonds is 5. The summed E-state index contributed by atoms with van der Waals surface area (Å²) in [6.07, 6.45) is 2.62. The van der Waals surface area contributed by atoms with E-state index >= 15 is 0 Å². The molecule has 5 nitrogen and oxygen atoms in total. The Morgan fingerprint density at radius 2 is 1.82 bits per heavy atom. The minimum Gasteiger partial charge on any atom is -0.272 e. The first-order chi connectivity index (χ1) is 13.7. The Hall–Kier alpha value is -3.73. The molecule has 1 aromatic heterocycles. The molecule has 0 fully saturated rings. The Labute approximate surface area is 163 Å². The average molecular weight is 368 g/mol. The fourth-order valence-electron chi connectivity index (χ4n) is 3.00. The standard InChI is InChI=1S/C23H20N4O/c1-2-16-7-9-17(10-8-16)15-24-27-23(28)22-14-21(25-26-22)20-12-11-18-5-3-4-6-19(18)13-20/h3-15H,2H2,1H3,(H,25,26)(H,27,28). The lowest BCUT2D eigenvalue weighted by molar-refractivity contribution is 0.0950. The molecular formula is C23H20N4O. The molecule has 0 spiro atoms. The zero-order chi connectivity index (χ0) is 19.3. The molecule has 0 aliphatic carbocycles. The van der Waals surface area contributed by atoms with E-state index in [1.165, 1.54) is 10.9 Å². The van der Waals surface area contributed by atoms with Crippen molar-refractivity contribution in [3.05, 3.63) is 89.6 Å². The summed E-state index contributed by atoms with van der Waals surface area (Å²) in [4.78, 5) is 12.3. The zero-order valence-electron chi connectivity index (χ0n) is 15.5. The Morgan fingerprint density at radius 1 is 1.04 bits per heavy atom. The molecule has 1 heterocycles. The lowest BCUT2D eigenvalue weighted by Crippen LogP contribution is -2.17. The summed E-state index contributed by atoms with van der Waals surface area (Å²) in [6, 6.07) is 24.0. The summed E-state index contributed by atoms with van der Waals surface area (Å²) in [6.45, 7) is 2.11. The van der Waals surface area contributed by atoms with E-state index < -0.39 is 0 Å². The third-order valence-electron chi connectivity index (χ3n) is 4.64. The van der Waals surface area contributed by atoms with Crippen LogP contribution in [-0.2, 0) is 6.42 Å². The summed E-state index contributed by atoms with van der Waals surface area (Å²) in [5, 5.41) is 13.4. The number of H-pyrrole nitrogens is 1. The highest BCUT2D eigenvalue weighted by Gasteiger charge is 2.10. The lowest BCUT2D eigenvalue weighted by Gasteiger charge is -2.00. The molecule has 4 aromatic rings. The number of carbonyl (C=O) groups is 1. The molecule has 0 bridgehead atoms. The van der Waals surface area contributed by atoms with E-state index in [2.05, 4.69) is 45.8 Å². The van der Waals surface area contributed by atoms with Gasteiger partial charge < -0.3 is 0 Å². The van der Waals surface area contributed by atoms with E-state index in [-0.39, 0.29) is 5.91 Å². The van der Waals surface area contributed by atoms with Gasteiger partial charge in [-0.1, -0.05) is 67.6 Å². The van der Waals surface area contributed by atoms with Crippen molar-refractivity contribution in [2.75, 3.05) is 0 Å². The first-order valence-corrected chi connectivity index (χ1v) is 9.20. The number of nitrogens with one attached hydrogen (secondary N) is 2. The summed E-state index contributed by atoms with van der Waals surface area (Å²) >= 11 is 0. The van der Waals surface area contributed by atoms with E-state index in [4.69, 9.17) is 0 Å². The van der Waals surface area contributed by atoms with Gasteiger partial charge in [0.1, 0.15) is 5.69 Å². The predicted octanol–water partition coefficient (Wildman–Crippen LogP) is 4.56. The predicted molar refractivity (Wildman–Crippen MR) is 112 cm³/mol. The Kier molecular flexibility index (Phi) is 4.97. The van der Waals surface area contributed by atoms with Gasteiger partial charge in [-0.05, 0) is 40.5 Å². The molecule has 1 amide bonds. The van der Waals surface area contributed by atoms with Crippen LogP contribution < -0.4 is 5.43 Å². The highest BCUT2D eigenvalue weighted by atomic mass is 16.2. The molecule has 0 aliphatic rings. The van der Waals surface area contributed by atoms with Crippen LogP contribution >= 0.6 is 0 Å². The minimum atomic E-state index is -0.332. The van der Waals surface area contributed by atoms with Crippen molar-refractivity contribution in [1.29, 1.82) is 0 Å². The largest absolute Gasteiger partial charge is 0.289 e. The van der Waals surface area contributed by atoms with Gasteiger partial charge in [-0.25, -0.2) is 5.43 Å². The first kappa shape index (κ1) is 17.7. The summed E-state index contributed by atoms with van der Waals surface area (Å²) < 4.78 is 0. The van der Waals surface area contributed by atoms with E-state index in [0.29, 0.717) is 5.69 Å². The number of amides is 1. The third kappa shape index (κ3) is 3.83. The van der Waals surface area contributed by atoms with Crippen LogP contribution in [0.25, 0.3) is 22.0 Å². The van der Waals surface area contributed by atoms with Crippen molar-refractivity contribution < 1.29 is 4.79 Å². The molecule has 0 radical (unpaired) electrons. The average Bonchev–Trinajstić information content (AvgIpc) is 3.24. The Balaban J connectivity index is 1.45. The van der Waals surface area contributed by atoms with Gasteiger partial charge in [-0.2, -0.15) is 10.2 Å². The van der Waals surface area contributed by atoms with Gasteiger partial charge in [-0.15, -0.1) is 0 Å². The highest BCUT2D eigenvalue weighted by molar-refractivity contribution is 5.94. The molecule has 138 valence electrons. The zero-order valence-corrected chi connectivity index (χ0v) is 15.5. The minimum absolute atomic E-state index is 0.332. The van der Waals surface area contributed by atoms with E-state index in [1.807, 2.05) is 48.5 Å². The van der Waals surface area contributed by atoms with E-state index in [1.54, 1.807) is 12.3 Å². The Morgan fingerprint density at radius 3 is 2.61 bits per heavy atom. The second-order valence-electron chi connectivity index (χ2n) is 6.52. The second kappa shape index (κ2) is 7.88. The monoisotopic (exact) mass is 368 g/mol. The molecule has 0 aliphatic heterocycles. The molecular weight excluding hydrogens is 348 g/mol. The maximum atomic E-state index is 12.3. The molecule has 3 aromatic carbocycles. The van der Waals surface area contributed by atoms with Crippen LogP contribution in [0.5, 0.6) is 0 Å². The van der Waals surface area contributed by atoms with Crippen molar-refractivity contribution in [3.8, 4) is 11.3 Å². The molecule has 5 heteroatoms. The topological polar surface area (TPSA) is 70.1 Å². The first-order valence-electron chi connectivity index (χ1n) is 9.20.